The minimum Gasteiger partial charge on any atom is -0.469 e. The van der Waals surface area contributed by atoms with E-state index in [1.165, 1.54) is 14.0 Å². The minimum atomic E-state index is -0.273. The number of ether oxygens (including phenoxy) is 2. The van der Waals surface area contributed by atoms with E-state index in [1.54, 1.807) is 6.92 Å². The van der Waals surface area contributed by atoms with Gasteiger partial charge in [-0.3, -0.25) is 19.2 Å². The van der Waals surface area contributed by atoms with Crippen LogP contribution in [0.1, 0.15) is 152 Å². The Morgan fingerprint density at radius 2 is 1.44 bits per heavy atom. The fraction of sp³-hybridized carbons (Fsp3) is 0.905. The van der Waals surface area contributed by atoms with E-state index in [-0.39, 0.29) is 45.4 Å². The molecule has 4 aliphatic rings. The van der Waals surface area contributed by atoms with Gasteiger partial charge in [0.25, 0.3) is 0 Å². The third kappa shape index (κ3) is 7.94. The lowest BCUT2D eigenvalue weighted by Gasteiger charge is -2.71. The third-order valence-electron chi connectivity index (χ3n) is 15.5. The molecule has 286 valence electrons. The smallest absolute Gasteiger partial charge is 0.305 e. The Bertz CT molecular complexity index is 1200. The van der Waals surface area contributed by atoms with Crippen LogP contribution in [-0.2, 0) is 28.7 Å². The number of unbranched alkanes of at least 4 members (excludes halogenated alkanes) is 4. The van der Waals surface area contributed by atoms with E-state index in [0.717, 1.165) is 103 Å². The van der Waals surface area contributed by atoms with Gasteiger partial charge in [0.2, 0.25) is 11.8 Å². The Morgan fingerprint density at radius 1 is 0.780 bits per heavy atom. The van der Waals surface area contributed by atoms with Crippen LogP contribution in [0, 0.1) is 63.1 Å². The second-order valence-electron chi connectivity index (χ2n) is 18.2. The standard InChI is InChI=1S/C42H72N2O6/c1-28(2)32-17-22-42(38(48)44-26-14-12-10-11-13-25-43-30(4)45)24-23-40(7)34(37(32)42)15-16-35-39(6,20-19-36(47)49-9)33(18-21-41(35,40)8)29(3)27-50-31(5)46/h28-29,32-35,37H,10-27H2,1-9H3,(H,43,45)(H,44,48)/t29?,32-,33-,34+,35+,37+,39-,40+,41+,42-/m0/s1. The molecule has 10 atom stereocenters. The van der Waals surface area contributed by atoms with Crippen molar-refractivity contribution in [2.45, 2.75) is 152 Å². The molecule has 2 N–H and O–H groups in total. The van der Waals surface area contributed by atoms with Crippen molar-refractivity contribution in [2.24, 2.45) is 63.1 Å². The van der Waals surface area contributed by atoms with Gasteiger partial charge in [0.1, 0.15) is 0 Å². The molecule has 4 saturated carbocycles. The maximum Gasteiger partial charge on any atom is 0.305 e. The highest BCUT2D eigenvalue weighted by atomic mass is 16.5. The molecule has 0 heterocycles. The van der Waals surface area contributed by atoms with E-state index >= 15 is 0 Å². The van der Waals surface area contributed by atoms with Crippen LogP contribution in [0.4, 0.5) is 0 Å². The van der Waals surface area contributed by atoms with E-state index in [2.05, 4.69) is 52.2 Å². The second-order valence-corrected chi connectivity index (χ2v) is 18.2. The number of rotatable bonds is 16. The van der Waals surface area contributed by atoms with Crippen LogP contribution in [0.3, 0.4) is 0 Å². The van der Waals surface area contributed by atoms with Gasteiger partial charge in [-0.2, -0.15) is 0 Å². The Kier molecular flexibility index (Phi) is 13.6. The molecule has 8 nitrogen and oxygen atoms in total. The Morgan fingerprint density at radius 3 is 2.06 bits per heavy atom. The van der Waals surface area contributed by atoms with E-state index < -0.39 is 0 Å². The van der Waals surface area contributed by atoms with E-state index in [1.807, 2.05) is 0 Å². The SMILES string of the molecule is COC(=O)CC[C@]1(C)[C@H]2CC[C@@H]3[C@H]4[C@H](C(C)C)CC[C@]4(C(=O)NCCCCCCCNC(C)=O)CC[C@@]3(C)[C@]2(C)CC[C@H]1C(C)COC(C)=O. The first-order valence-electron chi connectivity index (χ1n) is 20.3. The van der Waals surface area contributed by atoms with Gasteiger partial charge in [-0.15, -0.1) is 0 Å². The molecule has 4 rings (SSSR count). The zero-order valence-electron chi connectivity index (χ0n) is 33.2. The van der Waals surface area contributed by atoms with E-state index in [4.69, 9.17) is 9.47 Å². The van der Waals surface area contributed by atoms with Crippen LogP contribution in [0.2, 0.25) is 0 Å². The summed E-state index contributed by atoms with van der Waals surface area (Å²) in [4.78, 5) is 49.9. The summed E-state index contributed by atoms with van der Waals surface area (Å²) in [6.45, 7) is 19.6. The predicted molar refractivity (Wildman–Crippen MR) is 198 cm³/mol. The summed E-state index contributed by atoms with van der Waals surface area (Å²) < 4.78 is 10.7. The van der Waals surface area contributed by atoms with Gasteiger partial charge >= 0.3 is 11.9 Å². The number of carbonyl (C=O) groups is 4. The van der Waals surface area contributed by atoms with Crippen LogP contribution >= 0.6 is 0 Å². The molecular weight excluding hydrogens is 628 g/mol. The molecule has 0 aromatic heterocycles. The van der Waals surface area contributed by atoms with Crippen molar-refractivity contribution < 1.29 is 28.7 Å². The Labute approximate surface area is 304 Å². The normalized spacial score (nSPS) is 36.8. The summed E-state index contributed by atoms with van der Waals surface area (Å²) in [6.07, 6.45) is 15.2. The maximum absolute atomic E-state index is 14.4. The molecule has 0 aromatic carbocycles. The van der Waals surface area contributed by atoms with Crippen molar-refractivity contribution in [3.05, 3.63) is 0 Å². The molecule has 8 heteroatoms. The van der Waals surface area contributed by atoms with Crippen molar-refractivity contribution >= 4 is 23.8 Å². The van der Waals surface area contributed by atoms with Crippen LogP contribution < -0.4 is 10.6 Å². The maximum atomic E-state index is 14.4. The molecule has 2 amide bonds. The molecule has 0 bridgehead atoms. The van der Waals surface area contributed by atoms with Crippen molar-refractivity contribution in [1.82, 2.24) is 10.6 Å². The first-order chi connectivity index (χ1) is 23.6. The van der Waals surface area contributed by atoms with Crippen LogP contribution in [0.5, 0.6) is 0 Å². The molecule has 0 aromatic rings. The lowest BCUT2D eigenvalue weighted by atomic mass is 9.33. The van der Waals surface area contributed by atoms with Crippen molar-refractivity contribution in [3.8, 4) is 0 Å². The third-order valence-corrected chi connectivity index (χ3v) is 15.5. The number of fused-ring (bicyclic) bond motifs is 5. The van der Waals surface area contributed by atoms with Gasteiger partial charge < -0.3 is 20.1 Å². The highest BCUT2D eigenvalue weighted by Crippen LogP contribution is 2.76. The molecule has 4 aliphatic carbocycles. The average Bonchev–Trinajstić information content (AvgIpc) is 3.47. The minimum absolute atomic E-state index is 0.0336. The number of hydrogen-bond donors (Lipinski definition) is 2. The first-order valence-corrected chi connectivity index (χ1v) is 20.3. The van der Waals surface area contributed by atoms with Gasteiger partial charge in [-0.25, -0.2) is 0 Å². The summed E-state index contributed by atoms with van der Waals surface area (Å²) in [7, 11) is 1.48. The highest BCUT2D eigenvalue weighted by molar-refractivity contribution is 5.83. The highest BCUT2D eigenvalue weighted by Gasteiger charge is 2.70. The van der Waals surface area contributed by atoms with Crippen LogP contribution in [0.25, 0.3) is 0 Å². The number of amides is 2. The molecule has 50 heavy (non-hydrogen) atoms. The fourth-order valence-electron chi connectivity index (χ4n) is 12.7. The van der Waals surface area contributed by atoms with Gasteiger partial charge in [0, 0.05) is 33.4 Å². The Balaban J connectivity index is 1.54. The molecule has 0 aliphatic heterocycles. The molecular formula is C42H72N2O6. The van der Waals surface area contributed by atoms with Crippen LogP contribution in [-0.4, -0.2) is 50.6 Å². The fourth-order valence-corrected chi connectivity index (χ4v) is 12.7. The van der Waals surface area contributed by atoms with Crippen molar-refractivity contribution in [2.75, 3.05) is 26.8 Å². The molecule has 1 unspecified atom stereocenters. The van der Waals surface area contributed by atoms with E-state index in [0.29, 0.717) is 54.4 Å². The van der Waals surface area contributed by atoms with Crippen molar-refractivity contribution in [1.29, 1.82) is 0 Å². The number of methoxy groups -OCH3 is 1. The number of esters is 2. The zero-order valence-corrected chi connectivity index (χ0v) is 33.2. The largest absolute Gasteiger partial charge is 0.469 e. The Hall–Kier alpha value is -2.12. The van der Waals surface area contributed by atoms with Gasteiger partial charge in [0.15, 0.2) is 0 Å². The van der Waals surface area contributed by atoms with E-state index in [9.17, 15) is 19.2 Å². The van der Waals surface area contributed by atoms with Crippen molar-refractivity contribution in [3.63, 3.8) is 0 Å². The van der Waals surface area contributed by atoms with Gasteiger partial charge in [-0.05, 0) is 128 Å². The quantitative estimate of drug-likeness (QED) is 0.124. The first kappa shape index (κ1) is 40.6. The molecule has 0 saturated heterocycles. The van der Waals surface area contributed by atoms with Gasteiger partial charge in [-0.1, -0.05) is 60.8 Å². The number of carbonyl (C=O) groups excluding carboxylic acids is 4. The number of hydrogen-bond acceptors (Lipinski definition) is 6. The summed E-state index contributed by atoms with van der Waals surface area (Å²) in [6, 6.07) is 0. The van der Waals surface area contributed by atoms with Gasteiger partial charge in [0.05, 0.1) is 19.1 Å². The second kappa shape index (κ2) is 16.7. The molecule has 4 fully saturated rings. The monoisotopic (exact) mass is 701 g/mol. The molecule has 0 radical (unpaired) electrons. The number of nitrogens with one attached hydrogen (secondary N) is 2. The summed E-state index contributed by atoms with van der Waals surface area (Å²) in [5, 5.41) is 6.35. The summed E-state index contributed by atoms with van der Waals surface area (Å²) in [5.41, 5.74) is -0.164. The summed E-state index contributed by atoms with van der Waals surface area (Å²) >= 11 is 0. The topological polar surface area (TPSA) is 111 Å². The predicted octanol–water partition coefficient (Wildman–Crippen LogP) is 8.26. The zero-order chi connectivity index (χ0) is 36.9. The lowest BCUT2D eigenvalue weighted by molar-refractivity contribution is -0.226. The summed E-state index contributed by atoms with van der Waals surface area (Å²) in [5.74, 6) is 2.97. The molecule has 0 spiro atoms. The van der Waals surface area contributed by atoms with Crippen LogP contribution in [0.15, 0.2) is 0 Å². The average molecular weight is 701 g/mol. The lowest BCUT2D eigenvalue weighted by Crippen LogP contribution is -2.65.